The van der Waals surface area contributed by atoms with E-state index >= 15 is 0 Å². The number of rotatable bonds is 5. The molecule has 3 N–H and O–H groups in total. The number of halogens is 3. The lowest BCUT2D eigenvalue weighted by Crippen LogP contribution is -2.31. The van der Waals surface area contributed by atoms with Gasteiger partial charge in [-0.25, -0.2) is 0 Å². The maximum atomic E-state index is 8.62. The van der Waals surface area contributed by atoms with Crippen LogP contribution in [0.3, 0.4) is 0 Å². The summed E-state index contributed by atoms with van der Waals surface area (Å²) in [5.41, 5.74) is 5.47. The van der Waals surface area contributed by atoms with Gasteiger partial charge in [0.2, 0.25) is 0 Å². The molecule has 0 heterocycles. The number of hydrogen-bond donors (Lipinski definition) is 2. The van der Waals surface area contributed by atoms with Crippen molar-refractivity contribution in [2.75, 3.05) is 6.61 Å². The molecule has 12 heavy (non-hydrogen) atoms. The third kappa shape index (κ3) is 7.44. The summed E-state index contributed by atoms with van der Waals surface area (Å²) in [5, 5.41) is 8.62. The van der Waals surface area contributed by atoms with Gasteiger partial charge in [0, 0.05) is 6.04 Å². The molecular formula is C7H16Cl3NO. The van der Waals surface area contributed by atoms with E-state index in [4.69, 9.17) is 34.0 Å². The molecule has 0 aliphatic heterocycles. The summed E-state index contributed by atoms with van der Waals surface area (Å²) >= 11 is 11.8. The monoisotopic (exact) mass is 235 g/mol. The Bertz CT molecular complexity index is 111. The van der Waals surface area contributed by atoms with Crippen molar-refractivity contribution >= 4 is 35.6 Å². The van der Waals surface area contributed by atoms with E-state index in [1.54, 1.807) is 0 Å². The number of hydrogen-bond acceptors (Lipinski definition) is 2. The molecule has 0 radical (unpaired) electrons. The Kier molecular flexibility index (Phi) is 9.19. The fourth-order valence-electron chi connectivity index (χ4n) is 0.916. The van der Waals surface area contributed by atoms with E-state index in [9.17, 15) is 0 Å². The summed E-state index contributed by atoms with van der Waals surface area (Å²) in [6, 6.07) is -0.309. The molecule has 0 spiro atoms. The van der Waals surface area contributed by atoms with E-state index < -0.39 is 4.33 Å². The number of nitrogens with two attached hydrogens (primary N) is 1. The molecule has 0 rings (SSSR count). The van der Waals surface area contributed by atoms with Crippen LogP contribution in [0.1, 0.15) is 26.2 Å². The van der Waals surface area contributed by atoms with Crippen molar-refractivity contribution < 1.29 is 5.11 Å². The molecule has 0 aliphatic carbocycles. The Balaban J connectivity index is 0. The van der Waals surface area contributed by atoms with Crippen molar-refractivity contribution in [1.82, 2.24) is 0 Å². The van der Waals surface area contributed by atoms with Gasteiger partial charge in [-0.3, -0.25) is 0 Å². The predicted octanol–water partition coefficient (Wildman–Crippen LogP) is 2.09. The Hall–Kier alpha value is 0.790. The zero-order chi connectivity index (χ0) is 8.91. The van der Waals surface area contributed by atoms with E-state index in [1.165, 1.54) is 0 Å². The maximum absolute atomic E-state index is 8.62. The van der Waals surface area contributed by atoms with E-state index in [2.05, 4.69) is 0 Å². The highest BCUT2D eigenvalue weighted by Crippen LogP contribution is 2.31. The molecular weight excluding hydrogens is 220 g/mol. The van der Waals surface area contributed by atoms with Crippen LogP contribution in [-0.4, -0.2) is 22.1 Å². The largest absolute Gasteiger partial charge is 0.395 e. The minimum absolute atomic E-state index is 0. The first-order valence-electron chi connectivity index (χ1n) is 3.76. The zero-order valence-corrected chi connectivity index (χ0v) is 9.42. The third-order valence-electron chi connectivity index (χ3n) is 1.41. The second kappa shape index (κ2) is 7.22. The van der Waals surface area contributed by atoms with Crippen LogP contribution in [0, 0.1) is 0 Å². The minimum Gasteiger partial charge on any atom is -0.395 e. The van der Waals surface area contributed by atoms with Crippen molar-refractivity contribution in [2.45, 2.75) is 36.6 Å². The van der Waals surface area contributed by atoms with Crippen molar-refractivity contribution in [3.8, 4) is 0 Å². The fourth-order valence-corrected chi connectivity index (χ4v) is 1.69. The van der Waals surface area contributed by atoms with Crippen LogP contribution in [0.25, 0.3) is 0 Å². The van der Waals surface area contributed by atoms with Crippen LogP contribution in [0.4, 0.5) is 0 Å². The lowest BCUT2D eigenvalue weighted by Gasteiger charge is -2.21. The topological polar surface area (TPSA) is 46.2 Å². The maximum Gasteiger partial charge on any atom is 0.119 e. The van der Waals surface area contributed by atoms with E-state index in [-0.39, 0.29) is 25.1 Å². The van der Waals surface area contributed by atoms with Crippen molar-refractivity contribution in [1.29, 1.82) is 0 Å². The van der Waals surface area contributed by atoms with E-state index in [1.807, 2.05) is 6.92 Å². The van der Waals surface area contributed by atoms with Gasteiger partial charge in [-0.05, 0) is 12.8 Å². The second-order valence-electron chi connectivity index (χ2n) is 2.75. The van der Waals surface area contributed by atoms with Crippen molar-refractivity contribution in [3.05, 3.63) is 0 Å². The molecule has 0 saturated heterocycles. The molecule has 2 nitrogen and oxygen atoms in total. The highest BCUT2D eigenvalue weighted by Gasteiger charge is 2.25. The number of aliphatic hydroxyl groups is 1. The summed E-state index contributed by atoms with van der Waals surface area (Å²) in [4.78, 5) is 0. The minimum atomic E-state index is -0.767. The zero-order valence-electron chi connectivity index (χ0n) is 7.09. The molecule has 1 unspecified atom stereocenters. The highest BCUT2D eigenvalue weighted by atomic mass is 35.5. The SMILES string of the molecule is CCCC(Cl)(Cl)CC(N)CO.Cl. The van der Waals surface area contributed by atoms with Gasteiger partial charge in [-0.15, -0.1) is 35.6 Å². The molecule has 0 aromatic rings. The van der Waals surface area contributed by atoms with E-state index in [0.717, 1.165) is 6.42 Å². The summed E-state index contributed by atoms with van der Waals surface area (Å²) < 4.78 is -0.767. The summed E-state index contributed by atoms with van der Waals surface area (Å²) in [5.74, 6) is 0. The lowest BCUT2D eigenvalue weighted by atomic mass is 10.1. The first-order chi connectivity index (χ1) is 5.02. The average molecular weight is 237 g/mol. The smallest absolute Gasteiger partial charge is 0.119 e. The Labute approximate surface area is 89.8 Å². The summed E-state index contributed by atoms with van der Waals surface area (Å²) in [6.45, 7) is 1.94. The molecule has 0 amide bonds. The predicted molar refractivity (Wildman–Crippen MR) is 56.3 cm³/mol. The molecule has 0 saturated carbocycles. The van der Waals surface area contributed by atoms with Gasteiger partial charge in [0.1, 0.15) is 4.33 Å². The Morgan fingerprint density at radius 3 is 2.33 bits per heavy atom. The third-order valence-corrected chi connectivity index (χ3v) is 2.10. The first-order valence-corrected chi connectivity index (χ1v) is 4.51. The van der Waals surface area contributed by atoms with Gasteiger partial charge in [0.05, 0.1) is 6.61 Å². The van der Waals surface area contributed by atoms with Crippen LogP contribution >= 0.6 is 35.6 Å². The lowest BCUT2D eigenvalue weighted by molar-refractivity contribution is 0.255. The van der Waals surface area contributed by atoms with Gasteiger partial charge in [-0.2, -0.15) is 0 Å². The summed E-state index contributed by atoms with van der Waals surface area (Å²) in [6.07, 6.45) is 2.08. The quantitative estimate of drug-likeness (QED) is 0.718. The standard InChI is InChI=1S/C7H15Cl2NO.ClH/c1-2-3-7(8,9)4-6(10)5-11;/h6,11H,2-5,10H2,1H3;1H. The fraction of sp³-hybridized carbons (Fsp3) is 1.00. The van der Waals surface area contributed by atoms with Crippen molar-refractivity contribution in [3.63, 3.8) is 0 Å². The van der Waals surface area contributed by atoms with Gasteiger partial charge in [0.15, 0.2) is 0 Å². The van der Waals surface area contributed by atoms with Crippen LogP contribution in [0.15, 0.2) is 0 Å². The summed E-state index contributed by atoms with van der Waals surface area (Å²) in [7, 11) is 0. The number of aliphatic hydroxyl groups excluding tert-OH is 1. The van der Waals surface area contributed by atoms with E-state index in [0.29, 0.717) is 12.8 Å². The van der Waals surface area contributed by atoms with Gasteiger partial charge in [0.25, 0.3) is 0 Å². The molecule has 76 valence electrons. The molecule has 0 aliphatic rings. The molecule has 0 aromatic carbocycles. The Morgan fingerprint density at radius 1 is 1.50 bits per heavy atom. The van der Waals surface area contributed by atoms with Crippen LogP contribution in [0.5, 0.6) is 0 Å². The number of alkyl halides is 2. The molecule has 0 bridgehead atoms. The molecule has 0 aromatic heterocycles. The molecule has 0 fully saturated rings. The van der Waals surface area contributed by atoms with Crippen LogP contribution in [-0.2, 0) is 0 Å². The van der Waals surface area contributed by atoms with Gasteiger partial charge < -0.3 is 10.8 Å². The second-order valence-corrected chi connectivity index (χ2v) is 4.39. The van der Waals surface area contributed by atoms with Crippen molar-refractivity contribution in [2.24, 2.45) is 5.73 Å². The van der Waals surface area contributed by atoms with Crippen LogP contribution in [0.2, 0.25) is 0 Å². The average Bonchev–Trinajstić information content (AvgIpc) is 1.86. The molecule has 1 atom stereocenters. The first kappa shape index (κ1) is 15.3. The van der Waals surface area contributed by atoms with Gasteiger partial charge >= 0.3 is 0 Å². The normalized spacial score (nSPS) is 13.8. The van der Waals surface area contributed by atoms with Crippen LogP contribution < -0.4 is 5.73 Å². The van der Waals surface area contributed by atoms with Gasteiger partial charge in [-0.1, -0.05) is 13.3 Å². The highest BCUT2D eigenvalue weighted by molar-refractivity contribution is 6.48. The Morgan fingerprint density at radius 2 is 2.00 bits per heavy atom. The molecule has 5 heteroatoms.